The van der Waals surface area contributed by atoms with E-state index in [-0.39, 0.29) is 24.0 Å². The molecule has 0 spiro atoms. The highest BCUT2D eigenvalue weighted by Crippen LogP contribution is 2.27. The topological polar surface area (TPSA) is 99.8 Å². The number of hydrogen-bond donors (Lipinski definition) is 0. The standard InChI is InChI=1S/C10H9N3O4S2/c11-5-8-1-2-10(18-8)19(15,16)13-3-4-17-6-9(13)12-7-14/h1-2,9H,3-4,6H2. The molecular weight excluding hydrogens is 290 g/mol. The quantitative estimate of drug-likeness (QED) is 0.590. The predicted octanol–water partition coefficient (Wildman–Crippen LogP) is 0.303. The molecule has 1 aromatic heterocycles. The summed E-state index contributed by atoms with van der Waals surface area (Å²) in [5.41, 5.74) is 0. The van der Waals surface area contributed by atoms with Crippen LogP contribution in [0.5, 0.6) is 0 Å². The van der Waals surface area contributed by atoms with Crippen molar-refractivity contribution in [2.75, 3.05) is 19.8 Å². The van der Waals surface area contributed by atoms with Crippen molar-refractivity contribution in [2.24, 2.45) is 4.99 Å². The monoisotopic (exact) mass is 299 g/mol. The molecular formula is C10H9N3O4S2. The summed E-state index contributed by atoms with van der Waals surface area (Å²) in [5, 5.41) is 8.73. The van der Waals surface area contributed by atoms with E-state index in [1.54, 1.807) is 0 Å². The summed E-state index contributed by atoms with van der Waals surface area (Å²) < 4.78 is 31.0. The number of ether oxygens (including phenoxy) is 1. The van der Waals surface area contributed by atoms with Gasteiger partial charge >= 0.3 is 0 Å². The van der Waals surface area contributed by atoms with Gasteiger partial charge < -0.3 is 4.74 Å². The van der Waals surface area contributed by atoms with Gasteiger partial charge in [-0.1, -0.05) is 0 Å². The van der Waals surface area contributed by atoms with Crippen LogP contribution in [0.1, 0.15) is 4.88 Å². The van der Waals surface area contributed by atoms with Gasteiger partial charge in [-0.05, 0) is 12.1 Å². The number of nitrogens with zero attached hydrogens (tertiary/aromatic N) is 3. The van der Waals surface area contributed by atoms with Crippen molar-refractivity contribution in [1.82, 2.24) is 4.31 Å². The molecule has 0 bridgehead atoms. The average Bonchev–Trinajstić information content (AvgIpc) is 2.89. The second-order valence-electron chi connectivity index (χ2n) is 3.62. The van der Waals surface area contributed by atoms with Crippen molar-refractivity contribution < 1.29 is 17.9 Å². The largest absolute Gasteiger partial charge is 0.376 e. The first kappa shape index (κ1) is 13.9. The van der Waals surface area contributed by atoms with Crippen LogP contribution in [0.2, 0.25) is 0 Å². The van der Waals surface area contributed by atoms with Gasteiger partial charge in [-0.25, -0.2) is 13.2 Å². The Morgan fingerprint density at radius 2 is 2.32 bits per heavy atom. The summed E-state index contributed by atoms with van der Waals surface area (Å²) in [6.07, 6.45) is 0.448. The Morgan fingerprint density at radius 1 is 1.53 bits per heavy atom. The molecule has 19 heavy (non-hydrogen) atoms. The molecule has 0 aliphatic carbocycles. The zero-order valence-electron chi connectivity index (χ0n) is 9.64. The Kier molecular flexibility index (Phi) is 4.09. The summed E-state index contributed by atoms with van der Waals surface area (Å²) in [4.78, 5) is 14.1. The van der Waals surface area contributed by atoms with Gasteiger partial charge in [0.15, 0.2) is 6.17 Å². The molecule has 1 fully saturated rings. The average molecular weight is 299 g/mol. The maximum atomic E-state index is 12.4. The fourth-order valence-electron chi connectivity index (χ4n) is 1.65. The first-order valence-electron chi connectivity index (χ1n) is 5.26. The van der Waals surface area contributed by atoms with E-state index >= 15 is 0 Å². The molecule has 0 amide bonds. The Labute approximate surface area is 113 Å². The smallest absolute Gasteiger partial charge is 0.254 e. The first-order valence-corrected chi connectivity index (χ1v) is 7.52. The van der Waals surface area contributed by atoms with E-state index in [1.165, 1.54) is 18.2 Å². The van der Waals surface area contributed by atoms with Crippen molar-refractivity contribution in [3.05, 3.63) is 17.0 Å². The highest BCUT2D eigenvalue weighted by molar-refractivity contribution is 7.91. The number of rotatable bonds is 3. The van der Waals surface area contributed by atoms with Crippen LogP contribution in [-0.2, 0) is 19.6 Å². The SMILES string of the molecule is N#Cc1ccc(S(=O)(=O)N2CCOCC2N=C=O)s1. The molecule has 0 saturated carbocycles. The fourth-order valence-corrected chi connectivity index (χ4v) is 4.38. The van der Waals surface area contributed by atoms with E-state index in [1.807, 2.05) is 6.07 Å². The second kappa shape index (κ2) is 5.61. The van der Waals surface area contributed by atoms with E-state index in [9.17, 15) is 13.2 Å². The normalized spacial score (nSPS) is 20.5. The zero-order valence-corrected chi connectivity index (χ0v) is 11.3. The molecule has 2 heterocycles. The summed E-state index contributed by atoms with van der Waals surface area (Å²) >= 11 is 0.882. The molecule has 0 aromatic carbocycles. The molecule has 1 saturated heterocycles. The summed E-state index contributed by atoms with van der Waals surface area (Å²) in [6.45, 7) is 0.365. The van der Waals surface area contributed by atoms with Crippen LogP contribution < -0.4 is 0 Å². The van der Waals surface area contributed by atoms with Gasteiger partial charge in [-0.2, -0.15) is 14.6 Å². The van der Waals surface area contributed by atoms with Crippen molar-refractivity contribution in [3.8, 4) is 6.07 Å². The van der Waals surface area contributed by atoms with Crippen LogP contribution >= 0.6 is 11.3 Å². The summed E-state index contributed by atoms with van der Waals surface area (Å²) in [6, 6.07) is 4.70. The zero-order chi connectivity index (χ0) is 13.9. The number of aliphatic imine (C=N–C) groups is 1. The van der Waals surface area contributed by atoms with Crippen LogP contribution in [0.25, 0.3) is 0 Å². The molecule has 100 valence electrons. The van der Waals surface area contributed by atoms with Crippen molar-refractivity contribution in [3.63, 3.8) is 0 Å². The van der Waals surface area contributed by atoms with Crippen molar-refractivity contribution >= 4 is 27.4 Å². The van der Waals surface area contributed by atoms with Crippen LogP contribution in [0.4, 0.5) is 0 Å². The lowest BCUT2D eigenvalue weighted by molar-refractivity contribution is 0.0360. The van der Waals surface area contributed by atoms with Gasteiger partial charge in [0.2, 0.25) is 6.08 Å². The van der Waals surface area contributed by atoms with Crippen LogP contribution in [0.15, 0.2) is 21.3 Å². The minimum absolute atomic E-state index is 0.0188. The summed E-state index contributed by atoms with van der Waals surface area (Å²) in [5.74, 6) is 0. The molecule has 1 aliphatic rings. The van der Waals surface area contributed by atoms with Gasteiger partial charge in [0, 0.05) is 6.54 Å². The summed E-state index contributed by atoms with van der Waals surface area (Å²) in [7, 11) is -3.77. The number of thiophene rings is 1. The molecule has 9 heteroatoms. The van der Waals surface area contributed by atoms with E-state index in [2.05, 4.69) is 4.99 Å². The van der Waals surface area contributed by atoms with Crippen LogP contribution in [0, 0.1) is 11.3 Å². The number of isocyanates is 1. The lowest BCUT2D eigenvalue weighted by Crippen LogP contribution is -2.47. The number of hydrogen-bond acceptors (Lipinski definition) is 7. The molecule has 1 unspecified atom stereocenters. The Balaban J connectivity index is 2.37. The minimum Gasteiger partial charge on any atom is -0.376 e. The molecule has 1 aromatic rings. The molecule has 0 radical (unpaired) electrons. The maximum absolute atomic E-state index is 12.4. The fraction of sp³-hybridized carbons (Fsp3) is 0.400. The van der Waals surface area contributed by atoms with Gasteiger partial charge in [0.05, 0.1) is 13.2 Å². The van der Waals surface area contributed by atoms with E-state index < -0.39 is 16.2 Å². The van der Waals surface area contributed by atoms with Crippen molar-refractivity contribution in [1.29, 1.82) is 5.26 Å². The molecule has 1 aliphatic heterocycles. The van der Waals surface area contributed by atoms with Crippen LogP contribution in [-0.4, -0.2) is 44.7 Å². The molecule has 0 N–H and O–H groups in total. The lowest BCUT2D eigenvalue weighted by atomic mass is 10.4. The van der Waals surface area contributed by atoms with Crippen LogP contribution in [0.3, 0.4) is 0 Å². The maximum Gasteiger partial charge on any atom is 0.254 e. The van der Waals surface area contributed by atoms with Gasteiger partial charge in [0.25, 0.3) is 10.0 Å². The minimum atomic E-state index is -3.77. The Morgan fingerprint density at radius 3 is 2.95 bits per heavy atom. The van der Waals surface area contributed by atoms with E-state index in [0.29, 0.717) is 4.88 Å². The van der Waals surface area contributed by atoms with E-state index in [0.717, 1.165) is 15.6 Å². The van der Waals surface area contributed by atoms with E-state index in [4.69, 9.17) is 10.00 Å². The predicted molar refractivity (Wildman–Crippen MR) is 65.7 cm³/mol. The van der Waals surface area contributed by atoms with Gasteiger partial charge in [0.1, 0.15) is 15.2 Å². The number of morpholine rings is 1. The highest BCUT2D eigenvalue weighted by atomic mass is 32.2. The lowest BCUT2D eigenvalue weighted by Gasteiger charge is -2.30. The third-order valence-corrected chi connectivity index (χ3v) is 5.87. The van der Waals surface area contributed by atoms with Gasteiger partial charge in [-0.3, -0.25) is 0 Å². The third kappa shape index (κ3) is 2.73. The number of sulfonamides is 1. The Bertz CT molecular complexity index is 655. The Hall–Kier alpha value is -1.56. The highest BCUT2D eigenvalue weighted by Gasteiger charge is 2.35. The third-order valence-electron chi connectivity index (χ3n) is 2.51. The number of nitriles is 1. The molecule has 1 atom stereocenters. The molecule has 7 nitrogen and oxygen atoms in total. The first-order chi connectivity index (χ1) is 9.09. The second-order valence-corrected chi connectivity index (χ2v) is 6.82. The van der Waals surface area contributed by atoms with Crippen molar-refractivity contribution in [2.45, 2.75) is 10.4 Å². The molecule has 2 rings (SSSR count). The van der Waals surface area contributed by atoms with Gasteiger partial charge in [-0.15, -0.1) is 11.3 Å². The number of carbonyl (C=O) groups excluding carboxylic acids is 1.